The zero-order valence-electron chi connectivity index (χ0n) is 12.3. The smallest absolute Gasteiger partial charge is 0.272 e. The molecule has 7 heteroatoms. The zero-order chi connectivity index (χ0) is 16.2. The van der Waals surface area contributed by atoms with Gasteiger partial charge in [0.1, 0.15) is 0 Å². The number of nitrogens with one attached hydrogen (secondary N) is 2. The third kappa shape index (κ3) is 2.98. The van der Waals surface area contributed by atoms with Crippen LogP contribution in [0.5, 0.6) is 11.5 Å². The topological polar surface area (TPSA) is 99.6 Å². The second kappa shape index (κ2) is 6.18. The Morgan fingerprint density at radius 1 is 1.26 bits per heavy atom. The van der Waals surface area contributed by atoms with Crippen LogP contribution in [-0.2, 0) is 0 Å². The number of benzene rings is 2. The minimum Gasteiger partial charge on any atom is -0.504 e. The molecule has 23 heavy (non-hydrogen) atoms. The number of fused-ring (bicyclic) bond motifs is 1. The molecule has 2 aromatic carbocycles. The molecule has 0 aliphatic heterocycles. The molecule has 7 nitrogen and oxygen atoms in total. The van der Waals surface area contributed by atoms with E-state index in [9.17, 15) is 9.90 Å². The average molecular weight is 310 g/mol. The fraction of sp³-hybridized carbons (Fsp3) is 0.0625. The quantitative estimate of drug-likeness (QED) is 0.506. The van der Waals surface area contributed by atoms with E-state index in [-0.39, 0.29) is 11.3 Å². The maximum atomic E-state index is 11.7. The van der Waals surface area contributed by atoms with Gasteiger partial charge in [0.15, 0.2) is 17.3 Å². The Morgan fingerprint density at radius 3 is 2.78 bits per heavy atom. The lowest BCUT2D eigenvalue weighted by molar-refractivity contribution is 0.373. The molecule has 0 bridgehead atoms. The number of phenolic OH excluding ortho intramolecular Hbond substituents is 1. The predicted molar refractivity (Wildman–Crippen MR) is 88.2 cm³/mol. The summed E-state index contributed by atoms with van der Waals surface area (Å²) in [6.07, 6.45) is 1.53. The lowest BCUT2D eigenvalue weighted by Crippen LogP contribution is -2.10. The molecule has 0 unspecified atom stereocenters. The van der Waals surface area contributed by atoms with Gasteiger partial charge in [-0.25, -0.2) is 5.10 Å². The van der Waals surface area contributed by atoms with Crippen LogP contribution in [0.1, 0.15) is 5.56 Å². The summed E-state index contributed by atoms with van der Waals surface area (Å²) >= 11 is 0. The van der Waals surface area contributed by atoms with Crippen LogP contribution in [-0.4, -0.2) is 28.6 Å². The number of aromatic amines is 1. The molecule has 116 valence electrons. The number of rotatable bonds is 4. The molecule has 0 saturated carbocycles. The normalized spacial score (nSPS) is 11.0. The molecule has 1 heterocycles. The lowest BCUT2D eigenvalue weighted by atomic mass is 10.2. The average Bonchev–Trinajstić information content (AvgIpc) is 2.57. The highest BCUT2D eigenvalue weighted by molar-refractivity contribution is 5.91. The molecule has 0 aliphatic carbocycles. The summed E-state index contributed by atoms with van der Waals surface area (Å²) in [6, 6.07) is 12.0. The molecule has 3 N–H and O–H groups in total. The van der Waals surface area contributed by atoms with Gasteiger partial charge in [-0.1, -0.05) is 18.2 Å². The summed E-state index contributed by atoms with van der Waals surface area (Å²) in [5.41, 5.74) is 3.22. The van der Waals surface area contributed by atoms with Crippen molar-refractivity contribution in [1.82, 2.24) is 10.2 Å². The molecule has 3 aromatic rings. The van der Waals surface area contributed by atoms with Crippen molar-refractivity contribution < 1.29 is 9.84 Å². The number of nitrogens with zero attached hydrogens (tertiary/aromatic N) is 2. The molecule has 0 saturated heterocycles. The highest BCUT2D eigenvalue weighted by Crippen LogP contribution is 2.25. The van der Waals surface area contributed by atoms with Gasteiger partial charge in [0.05, 0.1) is 18.7 Å². The van der Waals surface area contributed by atoms with Crippen molar-refractivity contribution in [2.75, 3.05) is 12.5 Å². The van der Waals surface area contributed by atoms with Crippen LogP contribution in [0.4, 0.5) is 5.82 Å². The zero-order valence-corrected chi connectivity index (χ0v) is 12.3. The number of anilines is 1. The van der Waals surface area contributed by atoms with E-state index in [1.54, 1.807) is 30.3 Å². The SMILES string of the molecule is COc1ccc(/C=N/Nc2n[nH]c(=O)c3ccccc23)cc1O. The highest BCUT2D eigenvalue weighted by atomic mass is 16.5. The van der Waals surface area contributed by atoms with Crippen molar-refractivity contribution in [3.05, 3.63) is 58.4 Å². The van der Waals surface area contributed by atoms with Crippen LogP contribution < -0.4 is 15.7 Å². The van der Waals surface area contributed by atoms with Crippen LogP contribution in [0.25, 0.3) is 10.8 Å². The molecule has 1 aromatic heterocycles. The van der Waals surface area contributed by atoms with Gasteiger partial charge in [0, 0.05) is 5.39 Å². The number of phenols is 1. The summed E-state index contributed by atoms with van der Waals surface area (Å²) < 4.78 is 4.98. The number of H-pyrrole nitrogens is 1. The fourth-order valence-corrected chi connectivity index (χ4v) is 2.16. The molecule has 0 amide bonds. The van der Waals surface area contributed by atoms with E-state index in [4.69, 9.17) is 4.74 Å². The largest absolute Gasteiger partial charge is 0.504 e. The van der Waals surface area contributed by atoms with Crippen molar-refractivity contribution in [1.29, 1.82) is 0 Å². The molecule has 0 aliphatic rings. The Bertz CT molecular complexity index is 934. The van der Waals surface area contributed by atoms with Gasteiger partial charge in [0.2, 0.25) is 0 Å². The third-order valence-corrected chi connectivity index (χ3v) is 3.28. The van der Waals surface area contributed by atoms with Crippen molar-refractivity contribution in [2.24, 2.45) is 5.10 Å². The summed E-state index contributed by atoms with van der Waals surface area (Å²) in [5, 5.41) is 21.4. The number of aromatic hydroxyl groups is 1. The Morgan fingerprint density at radius 2 is 2.04 bits per heavy atom. The molecule has 0 radical (unpaired) electrons. The van der Waals surface area contributed by atoms with E-state index in [0.717, 1.165) is 0 Å². The molecule has 3 rings (SSSR count). The first-order valence-corrected chi connectivity index (χ1v) is 6.82. The van der Waals surface area contributed by atoms with E-state index in [0.29, 0.717) is 27.9 Å². The van der Waals surface area contributed by atoms with Gasteiger partial charge in [0.25, 0.3) is 5.56 Å². The van der Waals surface area contributed by atoms with Gasteiger partial charge in [-0.2, -0.15) is 10.2 Å². The lowest BCUT2D eigenvalue weighted by Gasteiger charge is -2.04. The number of aromatic nitrogens is 2. The third-order valence-electron chi connectivity index (χ3n) is 3.28. The summed E-state index contributed by atoms with van der Waals surface area (Å²) in [6.45, 7) is 0. The molecule has 0 fully saturated rings. The van der Waals surface area contributed by atoms with Crippen LogP contribution >= 0.6 is 0 Å². The highest BCUT2D eigenvalue weighted by Gasteiger charge is 2.04. The van der Waals surface area contributed by atoms with E-state index < -0.39 is 0 Å². The van der Waals surface area contributed by atoms with E-state index in [1.165, 1.54) is 19.4 Å². The maximum absolute atomic E-state index is 11.7. The van der Waals surface area contributed by atoms with Gasteiger partial charge >= 0.3 is 0 Å². The Hall–Kier alpha value is -3.35. The van der Waals surface area contributed by atoms with E-state index in [1.807, 2.05) is 6.07 Å². The first kappa shape index (κ1) is 14.6. The van der Waals surface area contributed by atoms with E-state index >= 15 is 0 Å². The second-order valence-electron chi connectivity index (χ2n) is 4.75. The van der Waals surface area contributed by atoms with E-state index in [2.05, 4.69) is 20.7 Å². The molecule has 0 spiro atoms. The van der Waals surface area contributed by atoms with Gasteiger partial charge < -0.3 is 9.84 Å². The number of hydrogen-bond acceptors (Lipinski definition) is 6. The van der Waals surface area contributed by atoms with Gasteiger partial charge in [-0.15, -0.1) is 0 Å². The monoisotopic (exact) mass is 310 g/mol. The van der Waals surface area contributed by atoms with Crippen molar-refractivity contribution in [2.45, 2.75) is 0 Å². The van der Waals surface area contributed by atoms with Crippen molar-refractivity contribution in [3.8, 4) is 11.5 Å². The molecular weight excluding hydrogens is 296 g/mol. The maximum Gasteiger partial charge on any atom is 0.272 e. The molecular formula is C16H14N4O3. The Labute approximate surface area is 131 Å². The van der Waals surface area contributed by atoms with Crippen molar-refractivity contribution >= 4 is 22.8 Å². The first-order valence-electron chi connectivity index (χ1n) is 6.82. The Balaban J connectivity index is 1.85. The predicted octanol–water partition coefficient (Wildman–Crippen LogP) is 2.08. The number of hydrazone groups is 1. The number of ether oxygens (including phenoxy) is 1. The minimum absolute atomic E-state index is 0.0315. The number of methoxy groups -OCH3 is 1. The summed E-state index contributed by atoms with van der Waals surface area (Å²) in [7, 11) is 1.48. The minimum atomic E-state index is -0.254. The second-order valence-corrected chi connectivity index (χ2v) is 4.75. The Kier molecular flexibility index (Phi) is 3.92. The standard InChI is InChI=1S/C16H14N4O3/c1-23-14-7-6-10(8-13(14)21)9-17-18-15-11-4-2-3-5-12(11)16(22)20-19-15/h2-9,21H,1H3,(H,18,19)(H,20,22)/b17-9+. The van der Waals surface area contributed by atoms with Crippen LogP contribution in [0, 0.1) is 0 Å². The summed E-state index contributed by atoms with van der Waals surface area (Å²) in [4.78, 5) is 11.7. The van der Waals surface area contributed by atoms with Gasteiger partial charge in [-0.3, -0.25) is 10.2 Å². The van der Waals surface area contributed by atoms with Gasteiger partial charge in [-0.05, 0) is 29.8 Å². The van der Waals surface area contributed by atoms with Crippen LogP contribution in [0.2, 0.25) is 0 Å². The van der Waals surface area contributed by atoms with Crippen LogP contribution in [0.3, 0.4) is 0 Å². The first-order chi connectivity index (χ1) is 11.2. The summed E-state index contributed by atoms with van der Waals surface area (Å²) in [5.74, 6) is 0.863. The number of hydrogen-bond donors (Lipinski definition) is 3. The van der Waals surface area contributed by atoms with Crippen LogP contribution in [0.15, 0.2) is 52.4 Å². The van der Waals surface area contributed by atoms with Crippen molar-refractivity contribution in [3.63, 3.8) is 0 Å². The fourth-order valence-electron chi connectivity index (χ4n) is 2.16. The molecule has 0 atom stereocenters.